The van der Waals surface area contributed by atoms with Crippen LogP contribution in [0.1, 0.15) is 11.1 Å². The van der Waals surface area contributed by atoms with E-state index in [1.165, 1.54) is 0 Å². The minimum atomic E-state index is -1.52. The third-order valence-corrected chi connectivity index (χ3v) is 3.17. The standard InChI is InChI=1S/C17H16O3/c1-4-17(18,13-8-6-5-7-9-13)14-10-15(19-2)12-16(11-14)20-3/h1,5-12,18H,2-3H3. The van der Waals surface area contributed by atoms with E-state index in [1.54, 1.807) is 44.6 Å². The molecule has 1 atom stereocenters. The fraction of sp³-hybridized carbons (Fsp3) is 0.176. The van der Waals surface area contributed by atoms with Crippen molar-refractivity contribution >= 4 is 0 Å². The van der Waals surface area contributed by atoms with Crippen molar-refractivity contribution in [3.05, 3.63) is 59.7 Å². The highest BCUT2D eigenvalue weighted by atomic mass is 16.5. The summed E-state index contributed by atoms with van der Waals surface area (Å²) in [5, 5.41) is 10.9. The molecule has 3 heteroatoms. The van der Waals surface area contributed by atoms with E-state index >= 15 is 0 Å². The van der Waals surface area contributed by atoms with Gasteiger partial charge in [0.2, 0.25) is 0 Å². The van der Waals surface area contributed by atoms with Crippen molar-refractivity contribution in [1.82, 2.24) is 0 Å². The van der Waals surface area contributed by atoms with Gasteiger partial charge in [-0.05, 0) is 12.1 Å². The van der Waals surface area contributed by atoms with Crippen LogP contribution >= 0.6 is 0 Å². The summed E-state index contributed by atoms with van der Waals surface area (Å²) < 4.78 is 10.4. The van der Waals surface area contributed by atoms with Gasteiger partial charge in [-0.25, -0.2) is 0 Å². The Hall–Kier alpha value is -2.44. The fourth-order valence-electron chi connectivity index (χ4n) is 2.03. The summed E-state index contributed by atoms with van der Waals surface area (Å²) in [5.74, 6) is 3.60. The van der Waals surface area contributed by atoms with E-state index in [0.717, 1.165) is 0 Å². The summed E-state index contributed by atoms with van der Waals surface area (Å²) in [5.41, 5.74) is -0.372. The van der Waals surface area contributed by atoms with E-state index in [4.69, 9.17) is 15.9 Å². The van der Waals surface area contributed by atoms with E-state index in [-0.39, 0.29) is 0 Å². The maximum Gasteiger partial charge on any atom is 0.176 e. The maximum atomic E-state index is 10.9. The van der Waals surface area contributed by atoms with Crippen LogP contribution in [-0.2, 0) is 5.60 Å². The zero-order valence-corrected chi connectivity index (χ0v) is 11.5. The number of benzene rings is 2. The van der Waals surface area contributed by atoms with Crippen LogP contribution in [0.25, 0.3) is 0 Å². The van der Waals surface area contributed by atoms with Crippen molar-refractivity contribution in [3.8, 4) is 23.8 Å². The fourth-order valence-corrected chi connectivity index (χ4v) is 2.03. The molecule has 2 aromatic carbocycles. The maximum absolute atomic E-state index is 10.9. The van der Waals surface area contributed by atoms with Gasteiger partial charge in [0.05, 0.1) is 14.2 Å². The molecule has 2 rings (SSSR count). The molecule has 0 amide bonds. The van der Waals surface area contributed by atoms with E-state index in [0.29, 0.717) is 22.6 Å². The zero-order valence-electron chi connectivity index (χ0n) is 11.5. The molecular weight excluding hydrogens is 252 g/mol. The molecule has 0 aromatic heterocycles. The molecule has 0 aliphatic carbocycles. The van der Waals surface area contributed by atoms with Crippen LogP contribution in [0.15, 0.2) is 48.5 Å². The molecule has 0 fully saturated rings. The first-order chi connectivity index (χ1) is 9.63. The van der Waals surface area contributed by atoms with Gasteiger partial charge in [-0.15, -0.1) is 6.42 Å². The van der Waals surface area contributed by atoms with Gasteiger partial charge in [0.1, 0.15) is 11.5 Å². The SMILES string of the molecule is C#CC(O)(c1ccccc1)c1cc(OC)cc(OC)c1. The van der Waals surface area contributed by atoms with Crippen molar-refractivity contribution in [2.24, 2.45) is 0 Å². The number of ether oxygens (including phenoxy) is 2. The second kappa shape index (κ2) is 5.68. The lowest BCUT2D eigenvalue weighted by Crippen LogP contribution is -2.25. The molecule has 0 saturated carbocycles. The molecule has 2 aromatic rings. The molecule has 20 heavy (non-hydrogen) atoms. The van der Waals surface area contributed by atoms with Gasteiger partial charge in [-0.2, -0.15) is 0 Å². The van der Waals surface area contributed by atoms with Crippen LogP contribution in [0.3, 0.4) is 0 Å². The number of hydrogen-bond donors (Lipinski definition) is 1. The van der Waals surface area contributed by atoms with E-state index in [2.05, 4.69) is 5.92 Å². The number of terminal acetylenes is 1. The lowest BCUT2D eigenvalue weighted by atomic mass is 9.87. The van der Waals surface area contributed by atoms with Gasteiger partial charge in [0, 0.05) is 17.2 Å². The Morgan fingerprint density at radius 1 is 0.950 bits per heavy atom. The average Bonchev–Trinajstić information content (AvgIpc) is 2.54. The van der Waals surface area contributed by atoms with Gasteiger partial charge in [0.15, 0.2) is 5.60 Å². The summed E-state index contributed by atoms with van der Waals surface area (Å²) >= 11 is 0. The number of hydrogen-bond acceptors (Lipinski definition) is 3. The van der Waals surface area contributed by atoms with Gasteiger partial charge < -0.3 is 14.6 Å². The second-order valence-electron chi connectivity index (χ2n) is 4.32. The van der Waals surface area contributed by atoms with Crippen molar-refractivity contribution in [2.45, 2.75) is 5.60 Å². The number of rotatable bonds is 4. The van der Waals surface area contributed by atoms with E-state index in [9.17, 15) is 5.11 Å². The van der Waals surface area contributed by atoms with Crippen LogP contribution in [0.4, 0.5) is 0 Å². The molecule has 1 unspecified atom stereocenters. The number of methoxy groups -OCH3 is 2. The molecule has 0 aliphatic heterocycles. The van der Waals surface area contributed by atoms with E-state index < -0.39 is 5.60 Å². The van der Waals surface area contributed by atoms with Gasteiger partial charge >= 0.3 is 0 Å². The molecule has 0 radical (unpaired) electrons. The predicted molar refractivity (Wildman–Crippen MR) is 77.8 cm³/mol. The Bertz CT molecular complexity index is 606. The summed E-state index contributed by atoms with van der Waals surface area (Å²) in [6.07, 6.45) is 5.57. The highest BCUT2D eigenvalue weighted by molar-refractivity contribution is 5.49. The molecule has 0 aliphatic rings. The van der Waals surface area contributed by atoms with Crippen molar-refractivity contribution < 1.29 is 14.6 Å². The Morgan fingerprint density at radius 2 is 1.50 bits per heavy atom. The highest BCUT2D eigenvalue weighted by Gasteiger charge is 2.30. The summed E-state index contributed by atoms with van der Waals surface area (Å²) in [6, 6.07) is 14.2. The Kier molecular flexibility index (Phi) is 3.97. The van der Waals surface area contributed by atoms with Crippen LogP contribution < -0.4 is 9.47 Å². The topological polar surface area (TPSA) is 38.7 Å². The lowest BCUT2D eigenvalue weighted by Gasteiger charge is -2.24. The Morgan fingerprint density at radius 3 is 1.95 bits per heavy atom. The van der Waals surface area contributed by atoms with Crippen molar-refractivity contribution in [2.75, 3.05) is 14.2 Å². The van der Waals surface area contributed by atoms with Crippen LogP contribution in [0.2, 0.25) is 0 Å². The molecule has 0 bridgehead atoms. The van der Waals surface area contributed by atoms with E-state index in [1.807, 2.05) is 18.2 Å². The normalized spacial score (nSPS) is 13.1. The van der Waals surface area contributed by atoms with Crippen molar-refractivity contribution in [3.63, 3.8) is 0 Å². The second-order valence-corrected chi connectivity index (χ2v) is 4.32. The first-order valence-corrected chi connectivity index (χ1v) is 6.13. The quantitative estimate of drug-likeness (QED) is 0.866. The zero-order chi connectivity index (χ0) is 14.6. The summed E-state index contributed by atoms with van der Waals surface area (Å²) in [6.45, 7) is 0. The lowest BCUT2D eigenvalue weighted by molar-refractivity contribution is 0.144. The predicted octanol–water partition coefficient (Wildman–Crippen LogP) is 2.57. The van der Waals surface area contributed by atoms with Gasteiger partial charge in [-0.3, -0.25) is 0 Å². The van der Waals surface area contributed by atoms with Gasteiger partial charge in [-0.1, -0.05) is 36.3 Å². The minimum Gasteiger partial charge on any atom is -0.497 e. The molecule has 102 valence electrons. The molecule has 1 N–H and O–H groups in total. The minimum absolute atomic E-state index is 0.530. The number of aliphatic hydroxyl groups is 1. The smallest absolute Gasteiger partial charge is 0.176 e. The Balaban J connectivity index is 2.60. The third-order valence-electron chi connectivity index (χ3n) is 3.17. The Labute approximate surface area is 118 Å². The van der Waals surface area contributed by atoms with Crippen LogP contribution in [0.5, 0.6) is 11.5 Å². The molecule has 3 nitrogen and oxygen atoms in total. The summed E-state index contributed by atoms with van der Waals surface area (Å²) in [7, 11) is 3.10. The van der Waals surface area contributed by atoms with Crippen LogP contribution in [0, 0.1) is 12.3 Å². The van der Waals surface area contributed by atoms with Crippen molar-refractivity contribution in [1.29, 1.82) is 0 Å². The molecular formula is C17H16O3. The summed E-state index contributed by atoms with van der Waals surface area (Å²) in [4.78, 5) is 0. The molecule has 0 spiro atoms. The molecule has 0 heterocycles. The monoisotopic (exact) mass is 268 g/mol. The third kappa shape index (κ3) is 2.47. The first kappa shape index (κ1) is 14.0. The largest absolute Gasteiger partial charge is 0.497 e. The first-order valence-electron chi connectivity index (χ1n) is 6.13. The van der Waals surface area contributed by atoms with Crippen LogP contribution in [-0.4, -0.2) is 19.3 Å². The molecule has 0 saturated heterocycles. The highest BCUT2D eigenvalue weighted by Crippen LogP contribution is 2.34. The average molecular weight is 268 g/mol. The van der Waals surface area contributed by atoms with Gasteiger partial charge in [0.25, 0.3) is 0 Å².